The second-order valence-electron chi connectivity index (χ2n) is 9.29. The number of aromatic amines is 2. The van der Waals surface area contributed by atoms with E-state index in [1.54, 1.807) is 29.2 Å². The predicted molar refractivity (Wildman–Crippen MR) is 133 cm³/mol. The molecule has 1 aromatic carbocycles. The van der Waals surface area contributed by atoms with Crippen molar-refractivity contribution in [3.05, 3.63) is 47.5 Å². The van der Waals surface area contributed by atoms with Crippen LogP contribution in [-0.2, 0) is 4.79 Å². The summed E-state index contributed by atoms with van der Waals surface area (Å²) in [5.74, 6) is 1.66. The van der Waals surface area contributed by atoms with E-state index < -0.39 is 5.82 Å². The van der Waals surface area contributed by atoms with Crippen LogP contribution in [0.4, 0.5) is 21.8 Å². The van der Waals surface area contributed by atoms with Crippen LogP contribution in [0.25, 0.3) is 10.9 Å². The molecule has 6 rings (SSSR count). The van der Waals surface area contributed by atoms with Gasteiger partial charge in [0.2, 0.25) is 5.91 Å². The molecule has 186 valence electrons. The van der Waals surface area contributed by atoms with E-state index in [1.807, 2.05) is 24.8 Å². The van der Waals surface area contributed by atoms with E-state index in [9.17, 15) is 4.79 Å². The molecule has 2 fully saturated rings. The number of aryl methyl sites for hydroxylation is 1. The fourth-order valence-corrected chi connectivity index (χ4v) is 4.52. The normalized spacial score (nSPS) is 16.1. The van der Waals surface area contributed by atoms with Crippen LogP contribution in [0.2, 0.25) is 0 Å². The van der Waals surface area contributed by atoms with Crippen LogP contribution in [0.15, 0.2) is 30.3 Å². The molecule has 1 aliphatic heterocycles. The molecule has 3 N–H and O–H groups in total. The molecule has 0 radical (unpaired) electrons. The molecule has 0 atom stereocenters. The highest BCUT2D eigenvalue weighted by Crippen LogP contribution is 2.40. The fraction of sp³-hybridized carbons (Fsp3) is 0.360. The van der Waals surface area contributed by atoms with Gasteiger partial charge >= 0.3 is 6.01 Å². The number of nitrogens with zero attached hydrogens (tertiary/aromatic N) is 5. The van der Waals surface area contributed by atoms with Gasteiger partial charge in [0, 0.05) is 60.0 Å². The van der Waals surface area contributed by atoms with Crippen LogP contribution in [-0.4, -0.2) is 62.1 Å². The second-order valence-corrected chi connectivity index (χ2v) is 9.29. The van der Waals surface area contributed by atoms with Gasteiger partial charge in [-0.15, -0.1) is 0 Å². The van der Waals surface area contributed by atoms with Gasteiger partial charge < -0.3 is 24.8 Å². The third kappa shape index (κ3) is 4.32. The Labute approximate surface area is 206 Å². The number of carbonyl (C=O) groups excluding carboxylic acids is 1. The lowest BCUT2D eigenvalue weighted by atomic mass is 10.2. The summed E-state index contributed by atoms with van der Waals surface area (Å²) in [6.45, 7) is 5.91. The summed E-state index contributed by atoms with van der Waals surface area (Å²) in [6.07, 6.45) is 2.32. The Morgan fingerprint density at radius 3 is 2.81 bits per heavy atom. The highest BCUT2D eigenvalue weighted by molar-refractivity contribution is 5.83. The molecule has 4 aromatic rings. The summed E-state index contributed by atoms with van der Waals surface area (Å²) in [5, 5.41) is 11.0. The maximum Gasteiger partial charge on any atom is 0.326 e. The molecule has 4 heterocycles. The first-order chi connectivity index (χ1) is 17.5. The maximum atomic E-state index is 15.2. The number of aromatic nitrogens is 5. The first-order valence-corrected chi connectivity index (χ1v) is 12.2. The minimum Gasteiger partial charge on any atom is -0.421 e. The number of anilines is 3. The van der Waals surface area contributed by atoms with Crippen molar-refractivity contribution >= 4 is 34.3 Å². The van der Waals surface area contributed by atoms with E-state index in [1.165, 1.54) is 0 Å². The summed E-state index contributed by atoms with van der Waals surface area (Å²) in [5.41, 5.74) is 2.62. The molecule has 10 nitrogen and oxygen atoms in total. The predicted octanol–water partition coefficient (Wildman–Crippen LogP) is 4.21. The topological polar surface area (TPSA) is 115 Å². The van der Waals surface area contributed by atoms with E-state index in [0.29, 0.717) is 53.9 Å². The number of benzene rings is 1. The summed E-state index contributed by atoms with van der Waals surface area (Å²) >= 11 is 0. The average molecular weight is 491 g/mol. The number of rotatable bonds is 7. The van der Waals surface area contributed by atoms with Crippen molar-refractivity contribution < 1.29 is 13.9 Å². The molecule has 1 saturated carbocycles. The Bertz CT molecular complexity index is 1440. The quantitative estimate of drug-likeness (QED) is 0.355. The number of hydrogen-bond acceptors (Lipinski definition) is 7. The highest BCUT2D eigenvalue weighted by atomic mass is 19.1. The van der Waals surface area contributed by atoms with Crippen LogP contribution < -0.4 is 15.0 Å². The van der Waals surface area contributed by atoms with Crippen molar-refractivity contribution in [2.75, 3.05) is 36.4 Å². The molecule has 3 aromatic heterocycles. The zero-order chi connectivity index (χ0) is 24.8. The van der Waals surface area contributed by atoms with Gasteiger partial charge in [0.05, 0.1) is 6.54 Å². The van der Waals surface area contributed by atoms with Gasteiger partial charge in [0.1, 0.15) is 11.6 Å². The summed E-state index contributed by atoms with van der Waals surface area (Å²) < 4.78 is 21.1. The smallest absolute Gasteiger partial charge is 0.326 e. The number of hydrogen-bond donors (Lipinski definition) is 3. The van der Waals surface area contributed by atoms with Crippen molar-refractivity contribution in [2.24, 2.45) is 0 Å². The summed E-state index contributed by atoms with van der Waals surface area (Å²) in [6, 6.07) is 8.73. The summed E-state index contributed by atoms with van der Waals surface area (Å²) in [7, 11) is 0. The number of fused-ring (bicyclic) bond motifs is 1. The molecule has 1 aliphatic carbocycles. The lowest BCUT2D eigenvalue weighted by molar-refractivity contribution is -0.130. The van der Waals surface area contributed by atoms with Crippen molar-refractivity contribution in [3.63, 3.8) is 0 Å². The molecule has 0 spiro atoms. The first kappa shape index (κ1) is 22.3. The van der Waals surface area contributed by atoms with Crippen LogP contribution in [0.3, 0.4) is 0 Å². The van der Waals surface area contributed by atoms with E-state index >= 15 is 4.39 Å². The molecule has 0 unspecified atom stereocenters. The molecule has 1 amide bonds. The van der Waals surface area contributed by atoms with Gasteiger partial charge in [-0.2, -0.15) is 15.1 Å². The maximum absolute atomic E-state index is 15.2. The van der Waals surface area contributed by atoms with Crippen LogP contribution in [0, 0.1) is 12.7 Å². The van der Waals surface area contributed by atoms with Crippen molar-refractivity contribution in [1.82, 2.24) is 30.0 Å². The Balaban J connectivity index is 1.33. The van der Waals surface area contributed by atoms with Gasteiger partial charge in [-0.3, -0.25) is 9.89 Å². The fourth-order valence-electron chi connectivity index (χ4n) is 4.52. The zero-order valence-electron chi connectivity index (χ0n) is 20.1. The largest absolute Gasteiger partial charge is 0.421 e. The minimum atomic E-state index is -0.492. The average Bonchev–Trinajstić information content (AvgIpc) is 3.49. The Morgan fingerprint density at radius 1 is 1.17 bits per heavy atom. The van der Waals surface area contributed by atoms with E-state index in [-0.39, 0.29) is 24.2 Å². The second kappa shape index (κ2) is 8.81. The minimum absolute atomic E-state index is 0.0206. The lowest BCUT2D eigenvalue weighted by Gasteiger charge is -2.34. The highest BCUT2D eigenvalue weighted by Gasteiger charge is 2.27. The van der Waals surface area contributed by atoms with Gasteiger partial charge in [-0.05, 0) is 44.9 Å². The van der Waals surface area contributed by atoms with Crippen molar-refractivity contribution in [1.29, 1.82) is 0 Å². The van der Waals surface area contributed by atoms with Crippen LogP contribution in [0.5, 0.6) is 11.8 Å². The Kier molecular flexibility index (Phi) is 5.46. The Hall–Kier alpha value is -4.15. The van der Waals surface area contributed by atoms with Gasteiger partial charge in [0.25, 0.3) is 0 Å². The van der Waals surface area contributed by atoms with Crippen molar-refractivity contribution in [3.8, 4) is 11.8 Å². The molecule has 1 saturated heterocycles. The third-order valence-electron chi connectivity index (χ3n) is 6.63. The van der Waals surface area contributed by atoms with E-state index in [0.717, 1.165) is 24.2 Å². The number of carbonyl (C=O) groups is 1. The molecule has 2 aliphatic rings. The molecular weight excluding hydrogens is 463 g/mol. The van der Waals surface area contributed by atoms with Gasteiger partial charge in [0.15, 0.2) is 17.4 Å². The lowest BCUT2D eigenvalue weighted by Crippen LogP contribution is -2.50. The SMILES string of the molecule is CCN1CCN(c2cc(Nc3cc(C4CC4)[nH]n3)nc(Oc3ccc4[nH]c(C)cc4c3F)n2)CC1=O. The molecular formula is C25H27FN8O2. The monoisotopic (exact) mass is 490 g/mol. The number of H-pyrrole nitrogens is 2. The number of likely N-dealkylation sites (N-methyl/N-ethyl adjacent to an activating group) is 1. The summed E-state index contributed by atoms with van der Waals surface area (Å²) in [4.78, 5) is 28.3. The number of piperazine rings is 1. The Morgan fingerprint density at radius 2 is 2.03 bits per heavy atom. The van der Waals surface area contributed by atoms with Crippen LogP contribution >= 0.6 is 0 Å². The van der Waals surface area contributed by atoms with E-state index in [4.69, 9.17) is 4.74 Å². The van der Waals surface area contributed by atoms with Crippen molar-refractivity contribution in [2.45, 2.75) is 32.6 Å². The standard InChI is InChI=1S/C25H27FN8O2/c1-3-33-8-9-34(13-23(33)35)22-12-20(28-21-11-18(31-32-21)15-4-5-15)29-25(30-22)36-19-7-6-17-16(24(19)26)10-14(2)27-17/h6-7,10-12,15,27H,3-5,8-9,13H2,1-2H3,(H2,28,29,30,31,32). The third-order valence-corrected chi connectivity index (χ3v) is 6.63. The number of halogens is 1. The van der Waals surface area contributed by atoms with Gasteiger partial charge in [-0.25, -0.2) is 4.39 Å². The van der Waals surface area contributed by atoms with Crippen LogP contribution in [0.1, 0.15) is 37.1 Å². The van der Waals surface area contributed by atoms with Gasteiger partial charge in [-0.1, -0.05) is 0 Å². The molecule has 11 heteroatoms. The van der Waals surface area contributed by atoms with E-state index in [2.05, 4.69) is 30.5 Å². The first-order valence-electron chi connectivity index (χ1n) is 12.2. The number of ether oxygens (including phenoxy) is 1. The molecule has 0 bridgehead atoms. The number of nitrogens with one attached hydrogen (secondary N) is 3. The molecule has 36 heavy (non-hydrogen) atoms. The zero-order valence-corrected chi connectivity index (χ0v) is 20.1. The number of amides is 1.